The average molecular weight is 340 g/mol. The number of hydrogen-bond donors (Lipinski definition) is 0. The molecule has 0 N–H and O–H groups in total. The van der Waals surface area contributed by atoms with E-state index in [9.17, 15) is 4.39 Å². The fourth-order valence-corrected chi connectivity index (χ4v) is 2.45. The summed E-state index contributed by atoms with van der Waals surface area (Å²) < 4.78 is 25.8. The van der Waals surface area contributed by atoms with Crippen LogP contribution in [0.3, 0.4) is 0 Å². The quantitative estimate of drug-likeness (QED) is 0.777. The van der Waals surface area contributed by atoms with E-state index in [2.05, 4.69) is 9.97 Å². The minimum absolute atomic E-state index is 0.281. The Balaban J connectivity index is 1.77. The van der Waals surface area contributed by atoms with Gasteiger partial charge in [0.05, 0.1) is 11.2 Å². The van der Waals surface area contributed by atoms with Gasteiger partial charge < -0.3 is 9.31 Å². The Morgan fingerprint density at radius 1 is 0.960 bits per heavy atom. The maximum Gasteiger partial charge on any atom is 0.525 e. The molecule has 0 atom stereocenters. The molecule has 0 unspecified atom stereocenters. The third kappa shape index (κ3) is 3.65. The van der Waals surface area contributed by atoms with E-state index in [1.54, 1.807) is 12.4 Å². The van der Waals surface area contributed by atoms with Crippen molar-refractivity contribution in [2.24, 2.45) is 0 Å². The summed E-state index contributed by atoms with van der Waals surface area (Å²) in [6.07, 6.45) is 4.61. The average Bonchev–Trinajstić information content (AvgIpc) is 2.77. The molecule has 1 aromatic heterocycles. The van der Waals surface area contributed by atoms with Crippen LogP contribution in [-0.4, -0.2) is 28.3 Å². The Labute approximate surface area is 148 Å². The van der Waals surface area contributed by atoms with Crippen LogP contribution in [0, 0.1) is 6.92 Å². The monoisotopic (exact) mass is 340 g/mol. The topological polar surface area (TPSA) is 44.2 Å². The Hall–Kier alpha value is -2.05. The third-order valence-electron chi connectivity index (χ3n) is 4.80. The third-order valence-corrected chi connectivity index (χ3v) is 4.80. The van der Waals surface area contributed by atoms with Crippen LogP contribution in [0.2, 0.25) is 0 Å². The van der Waals surface area contributed by atoms with Crippen molar-refractivity contribution < 1.29 is 13.7 Å². The van der Waals surface area contributed by atoms with Crippen LogP contribution in [0.5, 0.6) is 0 Å². The van der Waals surface area contributed by atoms with Crippen molar-refractivity contribution >= 4 is 13.2 Å². The van der Waals surface area contributed by atoms with E-state index in [1.807, 2.05) is 58.9 Å². The van der Waals surface area contributed by atoms with Gasteiger partial charge in [-0.05, 0) is 40.2 Å². The summed E-state index contributed by atoms with van der Waals surface area (Å²) in [6.45, 7) is 9.56. The largest absolute Gasteiger partial charge is 0.525 e. The van der Waals surface area contributed by atoms with Crippen molar-refractivity contribution in [1.29, 1.82) is 0 Å². The molecule has 6 heteroatoms. The first kappa shape index (κ1) is 17.8. The summed E-state index contributed by atoms with van der Waals surface area (Å²) in [5.41, 5.74) is 1.38. The van der Waals surface area contributed by atoms with Gasteiger partial charge in [0.2, 0.25) is 0 Å². The van der Waals surface area contributed by atoms with E-state index >= 15 is 0 Å². The van der Waals surface area contributed by atoms with Gasteiger partial charge in [-0.25, -0.2) is 14.4 Å². The van der Waals surface area contributed by atoms with Gasteiger partial charge in [-0.2, -0.15) is 0 Å². The summed E-state index contributed by atoms with van der Waals surface area (Å²) in [4.78, 5) is 8.45. The molecular weight excluding hydrogens is 318 g/mol. The maximum absolute atomic E-state index is 14.5. The molecule has 1 aliphatic heterocycles. The molecule has 25 heavy (non-hydrogen) atoms. The summed E-state index contributed by atoms with van der Waals surface area (Å²) in [5.74, 6) is 0.281. The highest BCUT2D eigenvalue weighted by Gasteiger charge is 2.53. The normalized spacial score (nSPS) is 19.3. The number of aryl methyl sites for hydroxylation is 1. The number of halogens is 1. The molecule has 1 aromatic carbocycles. The van der Waals surface area contributed by atoms with E-state index in [1.165, 1.54) is 11.6 Å². The molecule has 130 valence electrons. The van der Waals surface area contributed by atoms with Crippen LogP contribution in [0.15, 0.2) is 42.4 Å². The summed E-state index contributed by atoms with van der Waals surface area (Å²) in [5, 5.41) is 0. The zero-order valence-corrected chi connectivity index (χ0v) is 15.2. The second-order valence-electron chi connectivity index (χ2n) is 7.31. The highest BCUT2D eigenvalue weighted by molar-refractivity contribution is 6.54. The van der Waals surface area contributed by atoms with E-state index in [4.69, 9.17) is 9.31 Å². The number of hydrogen-bond acceptors (Lipinski definition) is 4. The molecule has 2 heterocycles. The lowest BCUT2D eigenvalue weighted by Crippen LogP contribution is -2.41. The van der Waals surface area contributed by atoms with Gasteiger partial charge in [-0.1, -0.05) is 29.8 Å². The van der Waals surface area contributed by atoms with Crippen molar-refractivity contribution in [2.45, 2.75) is 45.8 Å². The molecule has 1 aliphatic rings. The number of rotatable bonds is 3. The van der Waals surface area contributed by atoms with Gasteiger partial charge in [-0.15, -0.1) is 0 Å². The van der Waals surface area contributed by atoms with Gasteiger partial charge in [-0.3, -0.25) is 0 Å². The van der Waals surface area contributed by atoms with Gasteiger partial charge in [0, 0.05) is 24.0 Å². The molecule has 0 aliphatic carbocycles. The molecule has 2 aromatic rings. The zero-order valence-electron chi connectivity index (χ0n) is 15.2. The Morgan fingerprint density at radius 3 is 2.00 bits per heavy atom. The predicted octanol–water partition coefficient (Wildman–Crippen LogP) is 4.39. The van der Waals surface area contributed by atoms with Crippen LogP contribution in [-0.2, 0) is 9.31 Å². The minimum Gasteiger partial charge on any atom is -0.398 e. The van der Waals surface area contributed by atoms with Crippen LogP contribution >= 0.6 is 0 Å². The van der Waals surface area contributed by atoms with E-state index < -0.39 is 24.0 Å². The lowest BCUT2D eigenvalue weighted by Gasteiger charge is -2.32. The second kappa shape index (κ2) is 6.35. The fraction of sp³-hybridized carbons (Fsp3) is 0.368. The van der Waals surface area contributed by atoms with E-state index in [0.717, 1.165) is 11.1 Å². The first-order chi connectivity index (χ1) is 11.7. The van der Waals surface area contributed by atoms with Crippen molar-refractivity contribution in [2.75, 3.05) is 0 Å². The smallest absolute Gasteiger partial charge is 0.398 e. The summed E-state index contributed by atoms with van der Waals surface area (Å²) >= 11 is 0. The van der Waals surface area contributed by atoms with Gasteiger partial charge in [0.1, 0.15) is 5.73 Å². The van der Waals surface area contributed by atoms with E-state index in [0.29, 0.717) is 0 Å². The van der Waals surface area contributed by atoms with Crippen LogP contribution in [0.25, 0.3) is 17.2 Å². The van der Waals surface area contributed by atoms with Gasteiger partial charge in [0.15, 0.2) is 5.82 Å². The van der Waals surface area contributed by atoms with E-state index in [-0.39, 0.29) is 5.82 Å². The van der Waals surface area contributed by atoms with Crippen molar-refractivity contribution in [1.82, 2.24) is 9.97 Å². The number of aromatic nitrogens is 2. The second-order valence-corrected chi connectivity index (χ2v) is 7.31. The summed E-state index contributed by atoms with van der Waals surface area (Å²) in [6, 6.07) is 8.07. The zero-order chi connectivity index (χ0) is 18.2. The maximum atomic E-state index is 14.5. The van der Waals surface area contributed by atoms with Gasteiger partial charge in [0.25, 0.3) is 0 Å². The van der Waals surface area contributed by atoms with Crippen molar-refractivity contribution in [3.63, 3.8) is 0 Å². The highest BCUT2D eigenvalue weighted by atomic mass is 19.1. The predicted molar refractivity (Wildman–Crippen MR) is 97.4 cm³/mol. The molecule has 1 fully saturated rings. The van der Waals surface area contributed by atoms with Crippen molar-refractivity contribution in [3.8, 4) is 11.1 Å². The molecule has 0 saturated carbocycles. The van der Waals surface area contributed by atoms with Crippen LogP contribution in [0.4, 0.5) is 4.39 Å². The molecule has 3 rings (SSSR count). The molecule has 4 nitrogen and oxygen atoms in total. The molecular formula is C19H22BFN2O2. The SMILES string of the molecule is Cc1ccc(-c2cnc(C=C(F)B3OC(C)(C)C(C)(C)O3)nc2)cc1. The Morgan fingerprint density at radius 2 is 1.48 bits per heavy atom. The lowest BCUT2D eigenvalue weighted by molar-refractivity contribution is 0.00578. The minimum atomic E-state index is -1.04. The molecule has 0 spiro atoms. The summed E-state index contributed by atoms with van der Waals surface area (Å²) in [7, 11) is -1.04. The molecule has 0 amide bonds. The molecule has 0 radical (unpaired) electrons. The molecule has 1 saturated heterocycles. The first-order valence-corrected chi connectivity index (χ1v) is 8.30. The van der Waals surface area contributed by atoms with Crippen molar-refractivity contribution in [3.05, 3.63) is 53.8 Å². The van der Waals surface area contributed by atoms with Crippen LogP contribution in [0.1, 0.15) is 39.1 Å². The Kier molecular flexibility index (Phi) is 4.52. The van der Waals surface area contributed by atoms with Gasteiger partial charge >= 0.3 is 7.12 Å². The number of benzene rings is 1. The highest BCUT2D eigenvalue weighted by Crippen LogP contribution is 2.38. The van der Waals surface area contributed by atoms with Crippen LogP contribution < -0.4 is 0 Å². The number of nitrogens with zero attached hydrogens (tertiary/aromatic N) is 2. The molecule has 0 bridgehead atoms. The standard InChI is InChI=1S/C19H22BFN2O2/c1-13-6-8-14(9-7-13)15-11-22-17(23-12-15)10-16(21)20-24-18(2,3)19(4,5)25-20/h6-12H,1-5H3. The Bertz CT molecular complexity index is 770. The first-order valence-electron chi connectivity index (χ1n) is 8.30. The fourth-order valence-electron chi connectivity index (χ4n) is 2.45. The lowest BCUT2D eigenvalue weighted by atomic mass is 9.87.